The van der Waals surface area contributed by atoms with Gasteiger partial charge in [-0.2, -0.15) is 0 Å². The molecule has 0 bridgehead atoms. The van der Waals surface area contributed by atoms with Gasteiger partial charge in [0, 0.05) is 26.1 Å². The second-order valence-electron chi connectivity index (χ2n) is 4.46. The number of rotatable bonds is 6. The fourth-order valence-electron chi connectivity index (χ4n) is 1.96. The maximum absolute atomic E-state index is 11.2. The van der Waals surface area contributed by atoms with Crippen LogP contribution in [0.1, 0.15) is 26.2 Å². The average molecular weight is 214 g/mol. The van der Waals surface area contributed by atoms with Gasteiger partial charge in [0.15, 0.2) is 0 Å². The quantitative estimate of drug-likeness (QED) is 0.665. The fourth-order valence-corrected chi connectivity index (χ4v) is 1.96. The van der Waals surface area contributed by atoms with Gasteiger partial charge in [-0.15, -0.1) is 0 Å². The molecule has 88 valence electrons. The largest absolute Gasteiger partial charge is 0.393 e. The number of aliphatic hydroxyl groups excluding tert-OH is 1. The van der Waals surface area contributed by atoms with Crippen LogP contribution in [0.3, 0.4) is 0 Å². The fraction of sp³-hybridized carbons (Fsp3) is 0.909. The first-order valence-corrected chi connectivity index (χ1v) is 5.75. The van der Waals surface area contributed by atoms with Gasteiger partial charge in [0.05, 0.1) is 6.10 Å². The highest BCUT2D eigenvalue weighted by Gasteiger charge is 2.27. The number of amides is 1. The van der Waals surface area contributed by atoms with Gasteiger partial charge in [-0.1, -0.05) is 0 Å². The molecule has 4 heteroatoms. The summed E-state index contributed by atoms with van der Waals surface area (Å²) in [6, 6.07) is 0. The van der Waals surface area contributed by atoms with Gasteiger partial charge in [0.25, 0.3) is 0 Å². The normalized spacial score (nSPS) is 25.1. The molecular formula is C11H22N2O2. The van der Waals surface area contributed by atoms with Crippen LogP contribution in [0.5, 0.6) is 0 Å². The summed E-state index contributed by atoms with van der Waals surface area (Å²) in [5.74, 6) is 0.747. The van der Waals surface area contributed by atoms with E-state index in [1.807, 2.05) is 14.0 Å². The molecule has 0 aliphatic heterocycles. The maximum atomic E-state index is 11.2. The molecule has 1 aliphatic rings. The second-order valence-corrected chi connectivity index (χ2v) is 4.46. The Hall–Kier alpha value is -0.610. The van der Waals surface area contributed by atoms with Crippen LogP contribution in [0.15, 0.2) is 0 Å². The molecule has 1 amide bonds. The van der Waals surface area contributed by atoms with Crippen molar-refractivity contribution in [3.8, 4) is 0 Å². The maximum Gasteiger partial charge on any atom is 0.221 e. The van der Waals surface area contributed by atoms with E-state index in [0.29, 0.717) is 18.9 Å². The summed E-state index contributed by atoms with van der Waals surface area (Å²) < 4.78 is 0. The topological polar surface area (TPSA) is 52.6 Å². The molecule has 2 N–H and O–H groups in total. The standard InChI is InChI=1S/C11H22N2O2/c1-3-12-11(15)4-5-13(2)8-9-6-10(14)7-9/h9-10,14H,3-8H2,1-2H3,(H,12,15). The summed E-state index contributed by atoms with van der Waals surface area (Å²) in [5, 5.41) is 11.9. The lowest BCUT2D eigenvalue weighted by Crippen LogP contribution is -2.38. The molecule has 0 aromatic heterocycles. The van der Waals surface area contributed by atoms with E-state index in [-0.39, 0.29) is 12.0 Å². The number of aliphatic hydroxyl groups is 1. The molecule has 4 nitrogen and oxygen atoms in total. The Balaban J connectivity index is 2.03. The summed E-state index contributed by atoms with van der Waals surface area (Å²) >= 11 is 0. The molecule has 0 aromatic rings. The Bertz CT molecular complexity index is 203. The Kier molecular flexibility index (Phi) is 5.05. The Labute approximate surface area is 91.6 Å². The van der Waals surface area contributed by atoms with E-state index in [9.17, 15) is 4.79 Å². The number of hydrogen-bond acceptors (Lipinski definition) is 3. The van der Waals surface area contributed by atoms with E-state index in [1.165, 1.54) is 0 Å². The highest BCUT2D eigenvalue weighted by molar-refractivity contribution is 5.75. The van der Waals surface area contributed by atoms with E-state index in [0.717, 1.165) is 25.9 Å². The van der Waals surface area contributed by atoms with E-state index in [1.54, 1.807) is 0 Å². The van der Waals surface area contributed by atoms with Crippen molar-refractivity contribution >= 4 is 5.91 Å². The van der Waals surface area contributed by atoms with E-state index in [4.69, 9.17) is 5.11 Å². The van der Waals surface area contributed by atoms with Crippen LogP contribution in [-0.4, -0.2) is 48.7 Å². The van der Waals surface area contributed by atoms with Gasteiger partial charge in [-0.25, -0.2) is 0 Å². The van der Waals surface area contributed by atoms with Crippen molar-refractivity contribution in [2.24, 2.45) is 5.92 Å². The van der Waals surface area contributed by atoms with E-state index < -0.39 is 0 Å². The van der Waals surface area contributed by atoms with Crippen LogP contribution in [0.4, 0.5) is 0 Å². The predicted molar refractivity (Wildman–Crippen MR) is 59.5 cm³/mol. The molecular weight excluding hydrogens is 192 g/mol. The third kappa shape index (κ3) is 4.62. The van der Waals surface area contributed by atoms with Gasteiger partial charge in [0.2, 0.25) is 5.91 Å². The van der Waals surface area contributed by atoms with Crippen LogP contribution in [0.2, 0.25) is 0 Å². The molecule has 0 heterocycles. The van der Waals surface area contributed by atoms with Gasteiger partial charge in [-0.05, 0) is 32.7 Å². The Morgan fingerprint density at radius 1 is 1.53 bits per heavy atom. The first-order chi connectivity index (χ1) is 7.11. The van der Waals surface area contributed by atoms with Crippen molar-refractivity contribution in [3.05, 3.63) is 0 Å². The lowest BCUT2D eigenvalue weighted by atomic mass is 9.82. The summed E-state index contributed by atoms with van der Waals surface area (Å²) in [7, 11) is 2.03. The average Bonchev–Trinajstić information content (AvgIpc) is 2.13. The van der Waals surface area contributed by atoms with Crippen LogP contribution in [0, 0.1) is 5.92 Å². The molecule has 15 heavy (non-hydrogen) atoms. The minimum Gasteiger partial charge on any atom is -0.393 e. The monoisotopic (exact) mass is 214 g/mol. The van der Waals surface area contributed by atoms with Crippen molar-refractivity contribution in [3.63, 3.8) is 0 Å². The minimum absolute atomic E-state index is 0.0770. The molecule has 1 aliphatic carbocycles. The highest BCUT2D eigenvalue weighted by Crippen LogP contribution is 2.27. The highest BCUT2D eigenvalue weighted by atomic mass is 16.3. The van der Waals surface area contributed by atoms with E-state index in [2.05, 4.69) is 10.2 Å². The Morgan fingerprint density at radius 3 is 2.73 bits per heavy atom. The first kappa shape index (κ1) is 12.5. The number of carbonyl (C=O) groups is 1. The molecule has 1 rings (SSSR count). The SMILES string of the molecule is CCNC(=O)CCN(C)CC1CC(O)C1. The molecule has 0 unspecified atom stereocenters. The third-order valence-corrected chi connectivity index (χ3v) is 2.88. The lowest BCUT2D eigenvalue weighted by molar-refractivity contribution is -0.121. The van der Waals surface area contributed by atoms with Gasteiger partial charge in [0.1, 0.15) is 0 Å². The van der Waals surface area contributed by atoms with Gasteiger partial charge in [-0.3, -0.25) is 4.79 Å². The smallest absolute Gasteiger partial charge is 0.221 e. The number of hydrogen-bond donors (Lipinski definition) is 2. The summed E-state index contributed by atoms with van der Waals surface area (Å²) in [6.07, 6.45) is 2.34. The van der Waals surface area contributed by atoms with Gasteiger partial charge >= 0.3 is 0 Å². The second kappa shape index (κ2) is 6.08. The minimum atomic E-state index is -0.0770. The van der Waals surface area contributed by atoms with Crippen LogP contribution in [-0.2, 0) is 4.79 Å². The molecule has 0 saturated heterocycles. The zero-order valence-corrected chi connectivity index (χ0v) is 9.70. The summed E-state index contributed by atoms with van der Waals surface area (Å²) in [4.78, 5) is 13.4. The molecule has 1 saturated carbocycles. The van der Waals surface area contributed by atoms with Crippen LogP contribution in [0.25, 0.3) is 0 Å². The molecule has 0 atom stereocenters. The van der Waals surface area contributed by atoms with Crippen molar-refractivity contribution in [2.75, 3.05) is 26.7 Å². The molecule has 0 radical (unpaired) electrons. The van der Waals surface area contributed by atoms with E-state index >= 15 is 0 Å². The van der Waals surface area contributed by atoms with Crippen molar-refractivity contribution in [1.82, 2.24) is 10.2 Å². The lowest BCUT2D eigenvalue weighted by Gasteiger charge is -2.34. The number of carbonyl (C=O) groups excluding carboxylic acids is 1. The number of nitrogens with zero attached hydrogens (tertiary/aromatic N) is 1. The predicted octanol–water partition coefficient (Wildman–Crippen LogP) is 0.215. The third-order valence-electron chi connectivity index (χ3n) is 2.88. The first-order valence-electron chi connectivity index (χ1n) is 5.75. The van der Waals surface area contributed by atoms with Gasteiger partial charge < -0.3 is 15.3 Å². The zero-order chi connectivity index (χ0) is 11.3. The number of nitrogens with one attached hydrogen (secondary N) is 1. The molecule has 1 fully saturated rings. The van der Waals surface area contributed by atoms with Crippen molar-refractivity contribution in [1.29, 1.82) is 0 Å². The zero-order valence-electron chi connectivity index (χ0n) is 9.70. The Morgan fingerprint density at radius 2 is 2.20 bits per heavy atom. The van der Waals surface area contributed by atoms with Crippen molar-refractivity contribution < 1.29 is 9.90 Å². The summed E-state index contributed by atoms with van der Waals surface area (Å²) in [5.41, 5.74) is 0. The molecule has 0 aromatic carbocycles. The van der Waals surface area contributed by atoms with Crippen molar-refractivity contribution in [2.45, 2.75) is 32.3 Å². The van der Waals surface area contributed by atoms with Crippen LogP contribution < -0.4 is 5.32 Å². The molecule has 0 spiro atoms. The van der Waals surface area contributed by atoms with Crippen LogP contribution >= 0.6 is 0 Å². The summed E-state index contributed by atoms with van der Waals surface area (Å²) in [6.45, 7) is 4.43.